The van der Waals surface area contributed by atoms with Crippen LogP contribution in [0.2, 0.25) is 0 Å². The zero-order valence-corrected chi connectivity index (χ0v) is 25.3. The van der Waals surface area contributed by atoms with Crippen LogP contribution in [-0.4, -0.2) is 9.13 Å². The molecule has 0 aliphatic rings. The number of aromatic nitrogens is 2. The van der Waals surface area contributed by atoms with E-state index in [1.54, 1.807) is 0 Å². The van der Waals surface area contributed by atoms with Gasteiger partial charge in [0.05, 0.1) is 74.3 Å². The fraction of sp³-hybridized carbons (Fsp3) is 0. The fourth-order valence-electron chi connectivity index (χ4n) is 6.26. The number of rotatable bonds is 4. The smallest absolute Gasteiger partial charge is 0.145 e. The number of hydrogen-bond donors (Lipinski definition) is 0. The van der Waals surface area contributed by atoms with E-state index < -0.39 is 280 Å². The molecule has 0 spiro atoms. The molecule has 11 aromatic rings. The van der Waals surface area contributed by atoms with E-state index in [2.05, 4.69) is 0 Å². The van der Waals surface area contributed by atoms with Crippen LogP contribution >= 0.6 is 0 Å². The monoisotopic (exact) mass is 680 g/mol. The molecule has 0 N–H and O–H groups in total. The largest absolute Gasteiger partial charge is 0.455 e. The van der Waals surface area contributed by atoms with Crippen molar-refractivity contribution in [3.05, 3.63) is 181 Å². The van der Waals surface area contributed by atoms with Gasteiger partial charge in [0.2, 0.25) is 0 Å². The normalized spacial score (nSPS) is 20.2. The average molecular weight is 681 g/mol. The van der Waals surface area contributed by atoms with Crippen LogP contribution in [0.5, 0.6) is 0 Å². The van der Waals surface area contributed by atoms with Crippen molar-refractivity contribution >= 4 is 65.6 Å². The second kappa shape index (κ2) is 10.8. The summed E-state index contributed by atoms with van der Waals surface area (Å²) in [7, 11) is 0. The van der Waals surface area contributed by atoms with E-state index in [9.17, 15) is 13.7 Å². The molecule has 0 bridgehead atoms. The van der Waals surface area contributed by atoms with Crippen LogP contribution in [0.3, 0.4) is 0 Å². The van der Waals surface area contributed by atoms with Crippen molar-refractivity contribution < 1.29 is 45.5 Å². The van der Waals surface area contributed by atoms with Gasteiger partial charge in [-0.15, -0.1) is 0 Å². The Morgan fingerprint density at radius 2 is 0.980 bits per heavy atom. The minimum atomic E-state index is -1.11. The van der Waals surface area contributed by atoms with Gasteiger partial charge < -0.3 is 13.6 Å². The topological polar surface area (TPSA) is 23.0 Å². The molecule has 8 aromatic carbocycles. The molecule has 238 valence electrons. The van der Waals surface area contributed by atoms with Crippen LogP contribution in [0.15, 0.2) is 186 Å². The highest BCUT2D eigenvalue weighted by atomic mass is 16.3. The Kier molecular flexibility index (Phi) is 2.47. The van der Waals surface area contributed by atoms with E-state index in [0.717, 1.165) is 9.13 Å². The molecule has 0 aliphatic heterocycles. The predicted molar refractivity (Wildman–Crippen MR) is 213 cm³/mol. The third kappa shape index (κ3) is 4.12. The minimum absolute atomic E-state index is 0.533. The molecule has 0 unspecified atom stereocenters. The summed E-state index contributed by atoms with van der Waals surface area (Å²) in [6.45, 7) is 0. The van der Waals surface area contributed by atoms with Crippen LogP contribution in [0.4, 0.5) is 0 Å². The summed E-state index contributed by atoms with van der Waals surface area (Å²) in [6, 6.07) is -28.1. The Morgan fingerprint density at radius 3 is 1.78 bits per heavy atom. The zero-order chi connectivity index (χ0) is 59.6. The summed E-state index contributed by atoms with van der Waals surface area (Å²) in [5, 5.41) is -3.62. The van der Waals surface area contributed by atoms with Gasteiger partial charge in [0.15, 0.2) is 0 Å². The molecule has 3 nitrogen and oxygen atoms in total. The number of benzene rings is 8. The van der Waals surface area contributed by atoms with E-state index >= 15 is 0 Å². The summed E-state index contributed by atoms with van der Waals surface area (Å²) < 4.78 is 278. The molecular weight excluding hydrogens is 621 g/mol. The van der Waals surface area contributed by atoms with Gasteiger partial charge in [0.25, 0.3) is 0 Å². The summed E-state index contributed by atoms with van der Waals surface area (Å²) in [6.07, 6.45) is 0. The Hall–Kier alpha value is -6.84. The second-order valence-corrected chi connectivity index (χ2v) is 11.0. The highest BCUT2D eigenvalue weighted by molar-refractivity contribution is 6.17. The number of para-hydroxylation sites is 4. The highest BCUT2D eigenvalue weighted by Crippen LogP contribution is 2.43. The number of fused-ring (bicyclic) bond motifs is 9. The van der Waals surface area contributed by atoms with Crippen LogP contribution in [0, 0.1) is 0 Å². The van der Waals surface area contributed by atoms with Crippen molar-refractivity contribution in [3.63, 3.8) is 0 Å². The van der Waals surface area contributed by atoms with Crippen molar-refractivity contribution in [2.24, 2.45) is 0 Å². The van der Waals surface area contributed by atoms with Gasteiger partial charge in [-0.05, 0) is 77.1 Å². The lowest BCUT2D eigenvalue weighted by Crippen LogP contribution is -1.95. The first kappa shape index (κ1) is 11.6. The predicted octanol–water partition coefficient (Wildman–Crippen LogP) is 13.1. The quantitative estimate of drug-likeness (QED) is 0.181. The molecule has 3 aromatic heterocycles. The first-order valence-electron chi connectivity index (χ1n) is 30.0. The van der Waals surface area contributed by atoms with Crippen LogP contribution in [-0.2, 0) is 0 Å². The van der Waals surface area contributed by atoms with Crippen molar-refractivity contribution in [2.45, 2.75) is 0 Å². The molecule has 0 atom stereocenters. The first-order valence-corrected chi connectivity index (χ1v) is 15.0. The lowest BCUT2D eigenvalue weighted by molar-refractivity contribution is 0.670. The van der Waals surface area contributed by atoms with Crippen LogP contribution < -0.4 is 0 Å². The summed E-state index contributed by atoms with van der Waals surface area (Å²) >= 11 is 0. The lowest BCUT2D eigenvalue weighted by Gasteiger charge is -2.12. The van der Waals surface area contributed by atoms with E-state index in [1.165, 1.54) is 0 Å². The van der Waals surface area contributed by atoms with Gasteiger partial charge >= 0.3 is 0 Å². The SMILES string of the molecule is [2H]c1c([2H])c([2H])c(-c2c([2H])c([2H])c(-n3c4c([2H])c([2H])c([2H])c([2H])c4c4c([2H])c(-c5c([2H])c([2H])c6c7c([2H])c([2H])c([2H])c([2H])c7n(-c7c([2H])c([2H])c([2H])c([2H])c7[2H])c6c5[2H])c([2H])c([2H])c43)c3c2oc2c([2H])c([2H])c([2H])c([2H])c23)c([2H])c1[2H]. The standard InChI is InChI=1S/C48H30N2O/c1-3-13-31(14-4-1)35-26-28-44(47-39-19-9-12-22-46(39)51-48(35)47)50-42-21-11-8-18-37(42)40-29-32(24-27-43(40)50)33-23-25-38-36-17-7-10-20-41(36)49(45(38)30-33)34-15-5-2-6-16-34/h1-30H/i1D,2D,3D,4D,5D,6D,7D,8D,9D,10D,11D,12D,13D,14D,15D,16D,17D,18D,19D,20D,21D,22D,23D,24D,25D,26D,27D,28D,29D,30D. The Bertz CT molecular complexity index is 4820. The molecule has 0 aliphatic carbocycles. The van der Waals surface area contributed by atoms with E-state index in [-0.39, 0.29) is 0 Å². The molecule has 0 fully saturated rings. The summed E-state index contributed by atoms with van der Waals surface area (Å²) in [5.74, 6) is 0. The van der Waals surface area contributed by atoms with Gasteiger partial charge in [0.1, 0.15) is 11.2 Å². The molecule has 3 heterocycles. The van der Waals surface area contributed by atoms with Gasteiger partial charge in [-0.25, -0.2) is 0 Å². The number of nitrogens with zero attached hydrogens (tertiary/aromatic N) is 2. The van der Waals surface area contributed by atoms with Crippen molar-refractivity contribution in [2.75, 3.05) is 0 Å². The maximum absolute atomic E-state index is 10.0. The molecule has 0 amide bonds. The molecule has 0 saturated heterocycles. The van der Waals surface area contributed by atoms with Crippen molar-refractivity contribution in [1.29, 1.82) is 0 Å². The summed E-state index contributed by atoms with van der Waals surface area (Å²) in [5.41, 5.74) is -8.85. The Morgan fingerprint density at radius 1 is 0.392 bits per heavy atom. The minimum Gasteiger partial charge on any atom is -0.455 e. The maximum atomic E-state index is 10.0. The lowest BCUT2D eigenvalue weighted by atomic mass is 10.0. The molecule has 11 rings (SSSR count). The Balaban J connectivity index is 1.39. The van der Waals surface area contributed by atoms with Crippen LogP contribution in [0.25, 0.3) is 99.2 Å². The van der Waals surface area contributed by atoms with Crippen molar-refractivity contribution in [1.82, 2.24) is 9.13 Å². The van der Waals surface area contributed by atoms with E-state index in [1.807, 2.05) is 0 Å². The fourth-order valence-corrected chi connectivity index (χ4v) is 6.26. The zero-order valence-electron chi connectivity index (χ0n) is 55.3. The van der Waals surface area contributed by atoms with E-state index in [0.29, 0.717) is 0 Å². The molecule has 0 radical (unpaired) electrons. The molecule has 51 heavy (non-hydrogen) atoms. The molecule has 3 heteroatoms. The van der Waals surface area contributed by atoms with Gasteiger partial charge in [-0.1, -0.05) is 121 Å². The third-order valence-electron chi connectivity index (χ3n) is 8.35. The Labute approximate surface area is 336 Å². The molecule has 0 saturated carbocycles. The highest BCUT2D eigenvalue weighted by Gasteiger charge is 2.21. The second-order valence-electron chi connectivity index (χ2n) is 11.0. The molecular formula is C48H30N2O. The van der Waals surface area contributed by atoms with Gasteiger partial charge in [0, 0.05) is 38.2 Å². The van der Waals surface area contributed by atoms with E-state index in [4.69, 9.17) is 31.8 Å². The van der Waals surface area contributed by atoms with Crippen LogP contribution in [0.1, 0.15) is 41.1 Å². The van der Waals surface area contributed by atoms with Crippen molar-refractivity contribution in [3.8, 4) is 33.6 Å². The number of hydrogen-bond acceptors (Lipinski definition) is 1. The van der Waals surface area contributed by atoms with Gasteiger partial charge in [-0.3, -0.25) is 0 Å². The van der Waals surface area contributed by atoms with Gasteiger partial charge in [-0.2, -0.15) is 0 Å². The number of furan rings is 1. The first-order chi connectivity index (χ1) is 37.8. The average Bonchev–Trinajstić information content (AvgIpc) is 2.07. The third-order valence-corrected chi connectivity index (χ3v) is 8.35. The maximum Gasteiger partial charge on any atom is 0.145 e. The summed E-state index contributed by atoms with van der Waals surface area (Å²) in [4.78, 5) is 0.